The fraction of sp³-hybridized carbons (Fsp3) is 0.800. The first-order valence-electron chi connectivity index (χ1n) is 5.18. The number of carboxylic acid groups (broad SMARTS) is 1. The van der Waals surface area contributed by atoms with Crippen LogP contribution in [-0.2, 0) is 9.53 Å². The van der Waals surface area contributed by atoms with Gasteiger partial charge >= 0.3 is 12.1 Å². The molecular formula is C10H17NO4. The molecule has 0 aromatic heterocycles. The van der Waals surface area contributed by atoms with Gasteiger partial charge in [-0.1, -0.05) is 13.8 Å². The summed E-state index contributed by atoms with van der Waals surface area (Å²) in [4.78, 5) is 23.6. The molecule has 1 unspecified atom stereocenters. The van der Waals surface area contributed by atoms with Crippen LogP contribution in [-0.4, -0.2) is 41.3 Å². The van der Waals surface area contributed by atoms with Gasteiger partial charge in [0.15, 0.2) is 0 Å². The molecule has 0 spiro atoms. The lowest BCUT2D eigenvalue weighted by Gasteiger charge is -2.32. The fourth-order valence-electron chi connectivity index (χ4n) is 1.53. The summed E-state index contributed by atoms with van der Waals surface area (Å²) in [6, 6.07) is -0.718. The van der Waals surface area contributed by atoms with Crippen LogP contribution in [0.1, 0.15) is 26.7 Å². The molecule has 15 heavy (non-hydrogen) atoms. The number of nitrogens with zero attached hydrogens (tertiary/aromatic N) is 1. The van der Waals surface area contributed by atoms with Crippen LogP contribution >= 0.6 is 0 Å². The zero-order valence-corrected chi connectivity index (χ0v) is 9.10. The molecule has 0 aromatic carbocycles. The maximum Gasteiger partial charge on any atom is 0.410 e. The largest absolute Gasteiger partial charge is 0.480 e. The Morgan fingerprint density at radius 1 is 1.67 bits per heavy atom. The van der Waals surface area contributed by atoms with Gasteiger partial charge in [-0.05, 0) is 12.3 Å². The van der Waals surface area contributed by atoms with Crippen LogP contribution in [0, 0.1) is 5.92 Å². The Bertz CT molecular complexity index is 252. The summed E-state index contributed by atoms with van der Waals surface area (Å²) in [6.07, 6.45) is 0.659. The number of carboxylic acids is 1. The minimum Gasteiger partial charge on any atom is -0.480 e. The number of ether oxygens (including phenoxy) is 1. The predicted molar refractivity (Wildman–Crippen MR) is 53.5 cm³/mol. The first-order chi connectivity index (χ1) is 7.02. The third-order valence-electron chi connectivity index (χ3n) is 2.46. The lowest BCUT2D eigenvalue weighted by atomic mass is 10.1. The minimum absolute atomic E-state index is 0.202. The molecule has 0 aromatic rings. The maximum atomic E-state index is 11.4. The Morgan fingerprint density at radius 3 is 2.87 bits per heavy atom. The highest BCUT2D eigenvalue weighted by molar-refractivity contribution is 5.80. The van der Waals surface area contributed by atoms with E-state index in [9.17, 15) is 9.59 Å². The van der Waals surface area contributed by atoms with E-state index >= 15 is 0 Å². The van der Waals surface area contributed by atoms with Gasteiger partial charge in [-0.3, -0.25) is 4.90 Å². The number of amides is 1. The highest BCUT2D eigenvalue weighted by Gasteiger charge is 2.34. The fourth-order valence-corrected chi connectivity index (χ4v) is 1.53. The topological polar surface area (TPSA) is 66.8 Å². The van der Waals surface area contributed by atoms with Crippen molar-refractivity contribution >= 4 is 12.1 Å². The number of rotatable bonds is 4. The van der Waals surface area contributed by atoms with E-state index in [-0.39, 0.29) is 6.61 Å². The molecular weight excluding hydrogens is 198 g/mol. The van der Waals surface area contributed by atoms with Gasteiger partial charge in [0, 0.05) is 13.0 Å². The van der Waals surface area contributed by atoms with Crippen LogP contribution in [0.25, 0.3) is 0 Å². The molecule has 5 heteroatoms. The maximum absolute atomic E-state index is 11.4. The summed E-state index contributed by atoms with van der Waals surface area (Å²) in [5.74, 6) is -0.510. The van der Waals surface area contributed by atoms with Crippen molar-refractivity contribution in [3.8, 4) is 0 Å². The van der Waals surface area contributed by atoms with Crippen molar-refractivity contribution < 1.29 is 19.4 Å². The van der Waals surface area contributed by atoms with E-state index < -0.39 is 18.1 Å². The van der Waals surface area contributed by atoms with Crippen LogP contribution < -0.4 is 0 Å². The molecule has 1 atom stereocenters. The third-order valence-corrected chi connectivity index (χ3v) is 2.46. The predicted octanol–water partition coefficient (Wildman–Crippen LogP) is 1.33. The lowest BCUT2D eigenvalue weighted by Crippen LogP contribution is -2.50. The average molecular weight is 215 g/mol. The first kappa shape index (κ1) is 11.8. The molecule has 0 saturated carbocycles. The number of aliphatic carboxylic acids is 1. The van der Waals surface area contributed by atoms with Crippen molar-refractivity contribution in [2.75, 3.05) is 13.2 Å². The second-order valence-electron chi connectivity index (χ2n) is 4.13. The van der Waals surface area contributed by atoms with Gasteiger partial charge in [0.2, 0.25) is 0 Å². The van der Waals surface area contributed by atoms with Crippen LogP contribution in [0.2, 0.25) is 0 Å². The Balaban J connectivity index is 2.60. The van der Waals surface area contributed by atoms with Crippen LogP contribution in [0.15, 0.2) is 0 Å². The third kappa shape index (κ3) is 3.11. The molecule has 1 rings (SSSR count). The van der Waals surface area contributed by atoms with Crippen molar-refractivity contribution in [2.24, 2.45) is 5.92 Å². The van der Waals surface area contributed by atoms with Crippen molar-refractivity contribution in [1.29, 1.82) is 0 Å². The number of hydrogen-bond donors (Lipinski definition) is 1. The Labute approximate surface area is 89.0 Å². The molecule has 0 aliphatic carbocycles. The van der Waals surface area contributed by atoms with Gasteiger partial charge in [0.1, 0.15) is 6.04 Å². The SMILES string of the molecule is CC(C)CCN1C(=O)OCCC1C(=O)O. The molecule has 0 bridgehead atoms. The molecule has 1 aliphatic rings. The van der Waals surface area contributed by atoms with Gasteiger partial charge in [0.05, 0.1) is 6.61 Å². The van der Waals surface area contributed by atoms with E-state index in [1.54, 1.807) is 0 Å². The van der Waals surface area contributed by atoms with Crippen molar-refractivity contribution in [3.05, 3.63) is 0 Å². The summed E-state index contributed by atoms with van der Waals surface area (Å²) in [5, 5.41) is 8.94. The molecule has 1 saturated heterocycles. The van der Waals surface area contributed by atoms with E-state index in [2.05, 4.69) is 0 Å². The molecule has 0 radical (unpaired) electrons. The second kappa shape index (κ2) is 5.00. The Hall–Kier alpha value is -1.26. The Morgan fingerprint density at radius 2 is 2.33 bits per heavy atom. The molecule has 1 heterocycles. The standard InChI is InChI=1S/C10H17NO4/c1-7(2)3-5-11-8(9(12)13)4-6-15-10(11)14/h7-8H,3-6H2,1-2H3,(H,12,13). The zero-order valence-electron chi connectivity index (χ0n) is 9.10. The summed E-state index contributed by atoms with van der Waals surface area (Å²) >= 11 is 0. The Kier molecular flexibility index (Phi) is 3.94. The average Bonchev–Trinajstić information content (AvgIpc) is 2.15. The smallest absolute Gasteiger partial charge is 0.410 e. The lowest BCUT2D eigenvalue weighted by molar-refractivity contribution is -0.145. The van der Waals surface area contributed by atoms with E-state index in [0.717, 1.165) is 6.42 Å². The summed E-state index contributed by atoms with van der Waals surface area (Å²) in [5.41, 5.74) is 0. The normalized spacial score (nSPS) is 21.7. The molecule has 1 aliphatic heterocycles. The highest BCUT2D eigenvalue weighted by atomic mass is 16.6. The monoisotopic (exact) mass is 215 g/mol. The van der Waals surface area contributed by atoms with Gasteiger partial charge in [-0.25, -0.2) is 9.59 Å². The quantitative estimate of drug-likeness (QED) is 0.768. The van der Waals surface area contributed by atoms with E-state index in [1.165, 1.54) is 4.90 Å². The molecule has 5 nitrogen and oxygen atoms in total. The number of cyclic esters (lactones) is 1. The molecule has 1 N–H and O–H groups in total. The highest BCUT2D eigenvalue weighted by Crippen LogP contribution is 2.15. The van der Waals surface area contributed by atoms with Crippen molar-refractivity contribution in [2.45, 2.75) is 32.7 Å². The summed E-state index contributed by atoms with van der Waals surface area (Å²) < 4.78 is 4.83. The number of hydrogen-bond acceptors (Lipinski definition) is 3. The van der Waals surface area contributed by atoms with Crippen molar-refractivity contribution in [3.63, 3.8) is 0 Å². The zero-order chi connectivity index (χ0) is 11.4. The molecule has 1 fully saturated rings. The molecule has 86 valence electrons. The van der Waals surface area contributed by atoms with Crippen molar-refractivity contribution in [1.82, 2.24) is 4.90 Å². The second-order valence-corrected chi connectivity index (χ2v) is 4.13. The van der Waals surface area contributed by atoms with Gasteiger partial charge in [-0.2, -0.15) is 0 Å². The summed E-state index contributed by atoms with van der Waals surface area (Å²) in [7, 11) is 0. The first-order valence-corrected chi connectivity index (χ1v) is 5.18. The van der Waals surface area contributed by atoms with Crippen LogP contribution in [0.3, 0.4) is 0 Å². The van der Waals surface area contributed by atoms with Gasteiger partial charge < -0.3 is 9.84 Å². The van der Waals surface area contributed by atoms with Gasteiger partial charge in [-0.15, -0.1) is 0 Å². The molecule has 1 amide bonds. The van der Waals surface area contributed by atoms with Gasteiger partial charge in [0.25, 0.3) is 0 Å². The van der Waals surface area contributed by atoms with E-state index in [4.69, 9.17) is 9.84 Å². The number of carbonyl (C=O) groups excluding carboxylic acids is 1. The van der Waals surface area contributed by atoms with E-state index in [1.807, 2.05) is 13.8 Å². The minimum atomic E-state index is -0.949. The number of carbonyl (C=O) groups is 2. The van der Waals surface area contributed by atoms with Crippen LogP contribution in [0.4, 0.5) is 4.79 Å². The van der Waals surface area contributed by atoms with E-state index in [0.29, 0.717) is 18.9 Å². The van der Waals surface area contributed by atoms with Crippen LogP contribution in [0.5, 0.6) is 0 Å². The summed E-state index contributed by atoms with van der Waals surface area (Å²) in [6.45, 7) is 4.72.